The molecule has 1 atom stereocenters. The maximum absolute atomic E-state index is 12.8. The molecule has 132 valence electrons. The molecule has 1 amide bonds. The Hall–Kier alpha value is -2.90. The third-order valence-corrected chi connectivity index (χ3v) is 4.49. The van der Waals surface area contributed by atoms with Crippen molar-refractivity contribution in [1.82, 2.24) is 14.5 Å². The predicted octanol–water partition coefficient (Wildman–Crippen LogP) is 0.787. The second kappa shape index (κ2) is 6.19. The van der Waals surface area contributed by atoms with E-state index in [1.54, 1.807) is 6.92 Å². The molecule has 0 radical (unpaired) electrons. The topological polar surface area (TPSA) is 112 Å². The summed E-state index contributed by atoms with van der Waals surface area (Å²) in [6.45, 7) is 3.42. The number of carbonyl (C=O) groups excluding carboxylic acids is 1. The van der Waals surface area contributed by atoms with Crippen molar-refractivity contribution in [1.29, 1.82) is 0 Å². The number of carboxylic acids is 1. The minimum Gasteiger partial charge on any atom is -0.480 e. The van der Waals surface area contributed by atoms with Gasteiger partial charge in [0.15, 0.2) is 0 Å². The third kappa shape index (κ3) is 2.95. The summed E-state index contributed by atoms with van der Waals surface area (Å²) in [4.78, 5) is 52.3. The molecule has 1 fully saturated rings. The minimum absolute atomic E-state index is 0.0820. The van der Waals surface area contributed by atoms with Crippen LogP contribution in [-0.2, 0) is 11.3 Å². The quantitative estimate of drug-likeness (QED) is 0.832. The van der Waals surface area contributed by atoms with Gasteiger partial charge < -0.3 is 15.0 Å². The van der Waals surface area contributed by atoms with E-state index in [-0.39, 0.29) is 23.7 Å². The van der Waals surface area contributed by atoms with Gasteiger partial charge in [0.1, 0.15) is 6.04 Å². The lowest BCUT2D eigenvalue weighted by molar-refractivity contribution is -0.141. The number of carbonyl (C=O) groups is 2. The summed E-state index contributed by atoms with van der Waals surface area (Å²) in [7, 11) is 0. The summed E-state index contributed by atoms with van der Waals surface area (Å²) in [6.07, 6.45) is 1.55. The summed E-state index contributed by atoms with van der Waals surface area (Å²) in [5.41, 5.74) is -0.443. The highest BCUT2D eigenvalue weighted by molar-refractivity contribution is 5.99. The Bertz CT molecular complexity index is 970. The van der Waals surface area contributed by atoms with E-state index in [1.165, 1.54) is 30.0 Å². The Kier molecular flexibility index (Phi) is 4.20. The first-order valence-corrected chi connectivity index (χ1v) is 8.17. The first-order chi connectivity index (χ1) is 11.8. The molecule has 1 aromatic carbocycles. The first kappa shape index (κ1) is 16.9. The number of H-pyrrole nitrogens is 1. The average Bonchev–Trinajstić information content (AvgIpc) is 3.39. The van der Waals surface area contributed by atoms with Gasteiger partial charge in [-0.2, -0.15) is 0 Å². The van der Waals surface area contributed by atoms with Crippen LogP contribution in [0.15, 0.2) is 27.8 Å². The number of hydrogen-bond acceptors (Lipinski definition) is 4. The van der Waals surface area contributed by atoms with Gasteiger partial charge in [-0.1, -0.05) is 0 Å². The Labute approximate surface area is 142 Å². The largest absolute Gasteiger partial charge is 0.480 e. The van der Waals surface area contributed by atoms with Crippen LogP contribution in [0.1, 0.15) is 37.0 Å². The molecule has 2 N–H and O–H groups in total. The summed E-state index contributed by atoms with van der Waals surface area (Å²) in [5.74, 6) is -1.49. The van der Waals surface area contributed by atoms with Crippen LogP contribution >= 0.6 is 0 Å². The number of aliphatic carboxylic acids is 1. The molecule has 0 spiro atoms. The second-order valence-corrected chi connectivity index (χ2v) is 6.20. The zero-order chi connectivity index (χ0) is 18.3. The Morgan fingerprint density at radius 1 is 1.36 bits per heavy atom. The molecule has 1 heterocycles. The number of carboxylic acid groups (broad SMARTS) is 1. The lowest BCUT2D eigenvalue weighted by Crippen LogP contribution is -2.44. The van der Waals surface area contributed by atoms with E-state index >= 15 is 0 Å². The Morgan fingerprint density at radius 2 is 2.04 bits per heavy atom. The fraction of sp³-hybridized carbons (Fsp3) is 0.412. The second-order valence-electron chi connectivity index (χ2n) is 6.20. The van der Waals surface area contributed by atoms with E-state index < -0.39 is 29.2 Å². The molecule has 8 heteroatoms. The summed E-state index contributed by atoms with van der Waals surface area (Å²) < 4.78 is 1.08. The number of hydrogen-bond donors (Lipinski definition) is 2. The molecule has 1 saturated carbocycles. The standard InChI is InChI=1S/C17H19N3O5/c1-3-19-15(22)12-7-4-10(8-13(12)18-17(19)25)14(21)20(11-5-6-11)9(2)16(23)24/h4,7-9,11H,3,5-6H2,1-2H3,(H,18,25)(H,23,24). The number of aromatic nitrogens is 2. The molecule has 1 unspecified atom stereocenters. The normalized spacial score (nSPS) is 15.1. The van der Waals surface area contributed by atoms with Crippen LogP contribution in [-0.4, -0.2) is 43.5 Å². The van der Waals surface area contributed by atoms with Crippen molar-refractivity contribution in [3.8, 4) is 0 Å². The third-order valence-electron chi connectivity index (χ3n) is 4.49. The van der Waals surface area contributed by atoms with Crippen molar-refractivity contribution in [3.05, 3.63) is 44.6 Å². The highest BCUT2D eigenvalue weighted by Gasteiger charge is 2.38. The van der Waals surface area contributed by atoms with Gasteiger partial charge in [0, 0.05) is 18.2 Å². The molecule has 25 heavy (non-hydrogen) atoms. The SMILES string of the molecule is CCn1c(=O)[nH]c2cc(C(=O)N(C3CC3)C(C)C(=O)O)ccc2c1=O. The van der Waals surface area contributed by atoms with Crippen LogP contribution in [0.25, 0.3) is 10.9 Å². The van der Waals surface area contributed by atoms with E-state index in [0.717, 1.165) is 17.4 Å². The molecule has 1 aliphatic carbocycles. The predicted molar refractivity (Wildman–Crippen MR) is 90.8 cm³/mol. The van der Waals surface area contributed by atoms with Gasteiger partial charge in [0.25, 0.3) is 11.5 Å². The Morgan fingerprint density at radius 3 is 2.60 bits per heavy atom. The van der Waals surface area contributed by atoms with Gasteiger partial charge in [-0.3, -0.25) is 14.2 Å². The Balaban J connectivity index is 2.06. The lowest BCUT2D eigenvalue weighted by atomic mass is 10.1. The number of aromatic amines is 1. The molecule has 0 bridgehead atoms. The van der Waals surface area contributed by atoms with Gasteiger partial charge in [-0.05, 0) is 44.9 Å². The van der Waals surface area contributed by atoms with Crippen LogP contribution in [0.3, 0.4) is 0 Å². The number of rotatable bonds is 5. The van der Waals surface area contributed by atoms with Gasteiger partial charge in [0.05, 0.1) is 10.9 Å². The summed E-state index contributed by atoms with van der Waals surface area (Å²) in [6, 6.07) is 3.40. The molecule has 0 aliphatic heterocycles. The van der Waals surface area contributed by atoms with Crippen molar-refractivity contribution in [2.45, 2.75) is 45.3 Å². The van der Waals surface area contributed by atoms with Gasteiger partial charge >= 0.3 is 11.7 Å². The highest BCUT2D eigenvalue weighted by Crippen LogP contribution is 2.30. The van der Waals surface area contributed by atoms with Gasteiger partial charge in [-0.25, -0.2) is 9.59 Å². The molecule has 0 saturated heterocycles. The zero-order valence-electron chi connectivity index (χ0n) is 14.0. The molecular formula is C17H19N3O5. The number of nitrogens with one attached hydrogen (secondary N) is 1. The number of nitrogens with zero attached hydrogens (tertiary/aromatic N) is 2. The molecule has 2 aromatic rings. The lowest BCUT2D eigenvalue weighted by Gasteiger charge is -2.26. The van der Waals surface area contributed by atoms with Gasteiger partial charge in [0.2, 0.25) is 0 Å². The number of benzene rings is 1. The average molecular weight is 345 g/mol. The van der Waals surface area contributed by atoms with E-state index in [9.17, 15) is 24.3 Å². The van der Waals surface area contributed by atoms with Crippen molar-refractivity contribution >= 4 is 22.8 Å². The monoisotopic (exact) mass is 345 g/mol. The van der Waals surface area contributed by atoms with Crippen molar-refractivity contribution < 1.29 is 14.7 Å². The summed E-state index contributed by atoms with van der Waals surface area (Å²) in [5, 5.41) is 9.55. The molecule has 8 nitrogen and oxygen atoms in total. The van der Waals surface area contributed by atoms with Crippen molar-refractivity contribution in [2.75, 3.05) is 0 Å². The molecule has 1 aliphatic rings. The number of fused-ring (bicyclic) bond motifs is 1. The van der Waals surface area contributed by atoms with Crippen molar-refractivity contribution in [2.24, 2.45) is 0 Å². The highest BCUT2D eigenvalue weighted by atomic mass is 16.4. The smallest absolute Gasteiger partial charge is 0.328 e. The van der Waals surface area contributed by atoms with E-state index in [1.807, 2.05) is 0 Å². The fourth-order valence-corrected chi connectivity index (χ4v) is 2.95. The van der Waals surface area contributed by atoms with Crippen LogP contribution in [0.5, 0.6) is 0 Å². The first-order valence-electron chi connectivity index (χ1n) is 8.17. The summed E-state index contributed by atoms with van der Waals surface area (Å²) >= 11 is 0. The maximum atomic E-state index is 12.8. The van der Waals surface area contributed by atoms with Crippen LogP contribution in [0.2, 0.25) is 0 Å². The van der Waals surface area contributed by atoms with Crippen molar-refractivity contribution in [3.63, 3.8) is 0 Å². The van der Waals surface area contributed by atoms with E-state index in [4.69, 9.17) is 0 Å². The molecule has 1 aromatic heterocycles. The van der Waals surface area contributed by atoms with Gasteiger partial charge in [-0.15, -0.1) is 0 Å². The number of amides is 1. The maximum Gasteiger partial charge on any atom is 0.328 e. The van der Waals surface area contributed by atoms with Crippen LogP contribution < -0.4 is 11.2 Å². The molecule has 3 rings (SSSR count). The van der Waals surface area contributed by atoms with E-state index in [2.05, 4.69) is 4.98 Å². The fourth-order valence-electron chi connectivity index (χ4n) is 2.95. The van der Waals surface area contributed by atoms with E-state index in [0.29, 0.717) is 5.39 Å². The van der Waals surface area contributed by atoms with Crippen LogP contribution in [0.4, 0.5) is 0 Å². The van der Waals surface area contributed by atoms with Crippen LogP contribution in [0, 0.1) is 0 Å². The zero-order valence-corrected chi connectivity index (χ0v) is 14.0. The molecular weight excluding hydrogens is 326 g/mol. The minimum atomic E-state index is -1.07.